The van der Waals surface area contributed by atoms with Crippen LogP contribution in [0.25, 0.3) is 0 Å². The van der Waals surface area contributed by atoms with Gasteiger partial charge in [0.15, 0.2) is 0 Å². The molecule has 0 fully saturated rings. The van der Waals surface area contributed by atoms with Gasteiger partial charge in [-0.15, -0.1) is 5.10 Å². The fraction of sp³-hybridized carbons (Fsp3) is 0.125. The number of hydrogen-bond donors (Lipinski definition) is 1. The summed E-state index contributed by atoms with van der Waals surface area (Å²) in [6.07, 6.45) is 4.93. The second-order valence-corrected chi connectivity index (χ2v) is 4.86. The van der Waals surface area contributed by atoms with Crippen molar-refractivity contribution in [2.45, 2.75) is 6.61 Å². The first kappa shape index (κ1) is 14.7. The van der Waals surface area contributed by atoms with Crippen molar-refractivity contribution in [2.75, 3.05) is 5.32 Å². The Bertz CT molecular complexity index is 784. The van der Waals surface area contributed by atoms with Gasteiger partial charge in [0.05, 0.1) is 0 Å². The fourth-order valence-electron chi connectivity index (χ4n) is 1.91. The number of carbonyl (C=O) groups excluding carboxylic acids is 1. The van der Waals surface area contributed by atoms with Crippen LogP contribution in [0.2, 0.25) is 0 Å². The average Bonchev–Trinajstić information content (AvgIpc) is 3.02. The minimum absolute atomic E-state index is 0.130. The van der Waals surface area contributed by atoms with Gasteiger partial charge in [0.1, 0.15) is 18.7 Å². The molecule has 0 bridgehead atoms. The zero-order valence-electron chi connectivity index (χ0n) is 12.5. The van der Waals surface area contributed by atoms with Gasteiger partial charge < -0.3 is 10.1 Å². The first-order valence-electron chi connectivity index (χ1n) is 6.99. The molecule has 0 radical (unpaired) electrons. The third-order valence-corrected chi connectivity index (χ3v) is 3.07. The van der Waals surface area contributed by atoms with Crippen LogP contribution in [0.1, 0.15) is 16.2 Å². The summed E-state index contributed by atoms with van der Waals surface area (Å²) in [6, 6.07) is 10.9. The number of ether oxygens (including phenoxy) is 1. The standard InChI is InChI=1S/C16H15N5O2/c1-21-11-18-15(20-21)16(22)19-13-2-4-14(5-3-13)23-10-12-6-8-17-9-7-12/h2-9,11H,10H2,1H3,(H,19,22). The van der Waals surface area contributed by atoms with Crippen molar-refractivity contribution in [3.8, 4) is 5.75 Å². The van der Waals surface area contributed by atoms with Crippen molar-refractivity contribution in [1.82, 2.24) is 19.7 Å². The van der Waals surface area contributed by atoms with Gasteiger partial charge in [-0.3, -0.25) is 14.5 Å². The van der Waals surface area contributed by atoms with E-state index in [0.717, 1.165) is 11.3 Å². The summed E-state index contributed by atoms with van der Waals surface area (Å²) in [7, 11) is 1.71. The Morgan fingerprint density at radius 1 is 1.17 bits per heavy atom. The number of aromatic nitrogens is 4. The van der Waals surface area contributed by atoms with Gasteiger partial charge in [0, 0.05) is 25.1 Å². The first-order chi connectivity index (χ1) is 11.2. The number of nitrogens with one attached hydrogen (secondary N) is 1. The van der Waals surface area contributed by atoms with Crippen molar-refractivity contribution >= 4 is 11.6 Å². The summed E-state index contributed by atoms with van der Waals surface area (Å²) in [5.41, 5.74) is 1.69. The predicted molar refractivity (Wildman–Crippen MR) is 84.0 cm³/mol. The van der Waals surface area contributed by atoms with E-state index in [4.69, 9.17) is 4.74 Å². The lowest BCUT2D eigenvalue weighted by Crippen LogP contribution is -2.14. The van der Waals surface area contributed by atoms with E-state index in [1.54, 1.807) is 43.7 Å². The largest absolute Gasteiger partial charge is 0.489 e. The number of benzene rings is 1. The van der Waals surface area contributed by atoms with E-state index in [0.29, 0.717) is 12.3 Å². The number of rotatable bonds is 5. The Morgan fingerprint density at radius 2 is 1.91 bits per heavy atom. The zero-order chi connectivity index (χ0) is 16.1. The van der Waals surface area contributed by atoms with Crippen LogP contribution in [-0.4, -0.2) is 25.7 Å². The van der Waals surface area contributed by atoms with Crippen molar-refractivity contribution in [1.29, 1.82) is 0 Å². The smallest absolute Gasteiger partial charge is 0.295 e. The Balaban J connectivity index is 1.57. The van der Waals surface area contributed by atoms with Crippen molar-refractivity contribution < 1.29 is 9.53 Å². The molecule has 7 heteroatoms. The quantitative estimate of drug-likeness (QED) is 0.780. The molecular weight excluding hydrogens is 294 g/mol. The van der Waals surface area contributed by atoms with E-state index in [9.17, 15) is 4.79 Å². The molecule has 0 atom stereocenters. The van der Waals surface area contributed by atoms with Crippen LogP contribution >= 0.6 is 0 Å². The molecule has 1 aromatic carbocycles. The number of pyridine rings is 1. The average molecular weight is 309 g/mol. The molecule has 23 heavy (non-hydrogen) atoms. The van der Waals surface area contributed by atoms with Crippen LogP contribution in [0.3, 0.4) is 0 Å². The Labute approximate surface area is 133 Å². The number of hydrogen-bond acceptors (Lipinski definition) is 5. The van der Waals surface area contributed by atoms with Gasteiger partial charge in [0.25, 0.3) is 5.91 Å². The number of anilines is 1. The summed E-state index contributed by atoms with van der Waals surface area (Å²) in [4.78, 5) is 19.8. The lowest BCUT2D eigenvalue weighted by molar-refractivity contribution is 0.101. The molecule has 116 valence electrons. The second-order valence-electron chi connectivity index (χ2n) is 4.86. The van der Waals surface area contributed by atoms with Gasteiger partial charge in [0.2, 0.25) is 5.82 Å². The van der Waals surface area contributed by atoms with E-state index >= 15 is 0 Å². The summed E-state index contributed by atoms with van der Waals surface area (Å²) < 4.78 is 7.15. The third kappa shape index (κ3) is 3.91. The number of carbonyl (C=O) groups is 1. The van der Waals surface area contributed by atoms with E-state index in [1.807, 2.05) is 12.1 Å². The van der Waals surface area contributed by atoms with Crippen LogP contribution in [0.4, 0.5) is 5.69 Å². The molecular formula is C16H15N5O2. The Morgan fingerprint density at radius 3 is 2.57 bits per heavy atom. The van der Waals surface area contributed by atoms with Gasteiger partial charge in [-0.25, -0.2) is 4.98 Å². The zero-order valence-corrected chi connectivity index (χ0v) is 12.5. The minimum Gasteiger partial charge on any atom is -0.489 e. The molecule has 1 N–H and O–H groups in total. The highest BCUT2D eigenvalue weighted by molar-refractivity contribution is 6.01. The number of aryl methyl sites for hydroxylation is 1. The number of amides is 1. The fourth-order valence-corrected chi connectivity index (χ4v) is 1.91. The molecule has 0 spiro atoms. The highest BCUT2D eigenvalue weighted by Gasteiger charge is 2.10. The Hall–Kier alpha value is -3.22. The van der Waals surface area contributed by atoms with Gasteiger partial charge in [-0.05, 0) is 42.0 Å². The van der Waals surface area contributed by atoms with Gasteiger partial charge >= 0.3 is 0 Å². The molecule has 0 aliphatic rings. The first-order valence-corrected chi connectivity index (χ1v) is 6.99. The van der Waals surface area contributed by atoms with Crippen LogP contribution < -0.4 is 10.1 Å². The summed E-state index contributed by atoms with van der Waals surface area (Å²) >= 11 is 0. The van der Waals surface area contributed by atoms with E-state index in [-0.39, 0.29) is 11.7 Å². The van der Waals surface area contributed by atoms with Crippen LogP contribution in [-0.2, 0) is 13.7 Å². The summed E-state index contributed by atoms with van der Waals surface area (Å²) in [5.74, 6) is 0.498. The summed E-state index contributed by atoms with van der Waals surface area (Å²) in [6.45, 7) is 0.464. The lowest BCUT2D eigenvalue weighted by Gasteiger charge is -2.07. The molecule has 0 aliphatic heterocycles. The van der Waals surface area contributed by atoms with Crippen LogP contribution in [0, 0.1) is 0 Å². The maximum absolute atomic E-state index is 11.9. The van der Waals surface area contributed by atoms with Crippen molar-refractivity contribution in [2.24, 2.45) is 7.05 Å². The van der Waals surface area contributed by atoms with Crippen LogP contribution in [0.5, 0.6) is 5.75 Å². The third-order valence-electron chi connectivity index (χ3n) is 3.07. The molecule has 2 aromatic heterocycles. The highest BCUT2D eigenvalue weighted by atomic mass is 16.5. The molecule has 0 saturated carbocycles. The molecule has 3 rings (SSSR count). The second kappa shape index (κ2) is 6.69. The Kier molecular flexibility index (Phi) is 4.28. The van der Waals surface area contributed by atoms with Gasteiger partial charge in [-0.1, -0.05) is 0 Å². The SMILES string of the molecule is Cn1cnc(C(=O)Nc2ccc(OCc3ccncc3)cc2)n1. The molecule has 0 unspecified atom stereocenters. The maximum Gasteiger partial charge on any atom is 0.295 e. The normalized spacial score (nSPS) is 10.3. The number of nitrogens with zero attached hydrogens (tertiary/aromatic N) is 4. The monoisotopic (exact) mass is 309 g/mol. The van der Waals surface area contributed by atoms with Crippen molar-refractivity contribution in [3.63, 3.8) is 0 Å². The summed E-state index contributed by atoms with van der Waals surface area (Å²) in [5, 5.41) is 6.68. The van der Waals surface area contributed by atoms with E-state index < -0.39 is 0 Å². The molecule has 2 heterocycles. The highest BCUT2D eigenvalue weighted by Crippen LogP contribution is 2.17. The van der Waals surface area contributed by atoms with E-state index in [2.05, 4.69) is 20.4 Å². The molecule has 0 aliphatic carbocycles. The molecule has 0 saturated heterocycles. The van der Waals surface area contributed by atoms with Gasteiger partial charge in [-0.2, -0.15) is 0 Å². The maximum atomic E-state index is 11.9. The molecule has 1 amide bonds. The topological polar surface area (TPSA) is 81.9 Å². The minimum atomic E-state index is -0.351. The van der Waals surface area contributed by atoms with Crippen LogP contribution in [0.15, 0.2) is 55.1 Å². The predicted octanol–water partition coefficient (Wildman–Crippen LogP) is 2.04. The lowest BCUT2D eigenvalue weighted by atomic mass is 10.3. The van der Waals surface area contributed by atoms with Crippen molar-refractivity contribution in [3.05, 3.63) is 66.5 Å². The molecule has 7 nitrogen and oxygen atoms in total. The molecule has 3 aromatic rings. The van der Waals surface area contributed by atoms with E-state index in [1.165, 1.54) is 11.0 Å².